The second-order valence-electron chi connectivity index (χ2n) is 13.2. The minimum atomic E-state index is -3.97. The first-order valence-electron chi connectivity index (χ1n) is 16.1. The summed E-state index contributed by atoms with van der Waals surface area (Å²) in [6.45, 7) is 4.86. The molecule has 3 aromatic carbocycles. The average Bonchev–Trinajstić information content (AvgIpc) is 3.67. The van der Waals surface area contributed by atoms with Gasteiger partial charge in [0.2, 0.25) is 10.0 Å². The van der Waals surface area contributed by atoms with Crippen molar-refractivity contribution >= 4 is 50.0 Å². The molecule has 6 aromatic rings. The number of methoxy groups -OCH3 is 1. The number of sulfonamides is 1. The number of halogens is 3. The number of rotatable bonds is 10. The van der Waals surface area contributed by atoms with Crippen LogP contribution in [0.15, 0.2) is 71.7 Å². The van der Waals surface area contributed by atoms with Crippen LogP contribution in [0.5, 0.6) is 5.75 Å². The van der Waals surface area contributed by atoms with E-state index in [0.717, 1.165) is 27.3 Å². The lowest BCUT2D eigenvalue weighted by Gasteiger charge is -2.25. The molecule has 0 aliphatic heterocycles. The van der Waals surface area contributed by atoms with Gasteiger partial charge in [0, 0.05) is 19.5 Å². The van der Waals surface area contributed by atoms with Gasteiger partial charge in [0.05, 0.1) is 53.8 Å². The van der Waals surface area contributed by atoms with Crippen LogP contribution in [0.1, 0.15) is 43.8 Å². The summed E-state index contributed by atoms with van der Waals surface area (Å²) >= 11 is 6.81. The summed E-state index contributed by atoms with van der Waals surface area (Å²) in [5.41, 5.74) is -0.373. The van der Waals surface area contributed by atoms with E-state index >= 15 is 0 Å². The number of alkyl carbamates (subject to hydrolysis) is 1. The number of fused-ring (bicyclic) bond motifs is 2. The van der Waals surface area contributed by atoms with Crippen molar-refractivity contribution in [1.29, 1.82) is 0 Å². The molecule has 0 fully saturated rings. The van der Waals surface area contributed by atoms with Crippen molar-refractivity contribution in [2.75, 3.05) is 17.7 Å². The van der Waals surface area contributed by atoms with Crippen molar-refractivity contribution in [3.63, 3.8) is 0 Å². The number of amides is 1. The van der Waals surface area contributed by atoms with Crippen molar-refractivity contribution in [2.45, 2.75) is 45.4 Å². The van der Waals surface area contributed by atoms with Gasteiger partial charge in [0.1, 0.15) is 23.0 Å². The largest absolute Gasteiger partial charge is 0.497 e. The Morgan fingerprint density at radius 3 is 2.32 bits per heavy atom. The van der Waals surface area contributed by atoms with Crippen LogP contribution in [0.2, 0.25) is 5.02 Å². The number of carbonyl (C=O) groups excluding carboxylic acids is 1. The van der Waals surface area contributed by atoms with E-state index in [1.807, 2.05) is 0 Å². The van der Waals surface area contributed by atoms with Gasteiger partial charge >= 0.3 is 6.09 Å². The van der Waals surface area contributed by atoms with Crippen LogP contribution >= 0.6 is 11.6 Å². The van der Waals surface area contributed by atoms with Gasteiger partial charge in [-0.05, 0) is 74.4 Å². The van der Waals surface area contributed by atoms with Crippen LogP contribution in [-0.4, -0.2) is 62.7 Å². The second-order valence-corrected chi connectivity index (χ2v) is 15.6. The molecule has 1 atom stereocenters. The van der Waals surface area contributed by atoms with Gasteiger partial charge in [-0.15, -0.1) is 9.73 Å². The van der Waals surface area contributed by atoms with Gasteiger partial charge in [-0.3, -0.25) is 14.0 Å². The summed E-state index contributed by atoms with van der Waals surface area (Å²) in [6, 6.07) is 12.9. The van der Waals surface area contributed by atoms with Gasteiger partial charge < -0.3 is 14.8 Å². The van der Waals surface area contributed by atoms with E-state index in [1.165, 1.54) is 40.8 Å². The lowest BCUT2D eigenvalue weighted by atomic mass is 10.0. The molecular weight excluding hydrogens is 734 g/mol. The maximum absolute atomic E-state index is 14.4. The highest BCUT2D eigenvalue weighted by Crippen LogP contribution is 2.38. The van der Waals surface area contributed by atoms with E-state index in [2.05, 4.69) is 20.6 Å². The molecule has 14 nitrogen and oxygen atoms in total. The highest BCUT2D eigenvalue weighted by molar-refractivity contribution is 7.92. The molecule has 0 aliphatic carbocycles. The van der Waals surface area contributed by atoms with E-state index < -0.39 is 45.0 Å². The summed E-state index contributed by atoms with van der Waals surface area (Å²) in [7, 11) is -0.897. The van der Waals surface area contributed by atoms with Gasteiger partial charge in [-0.25, -0.2) is 26.3 Å². The summed E-state index contributed by atoms with van der Waals surface area (Å²) in [4.78, 5) is 27.7. The van der Waals surface area contributed by atoms with Crippen molar-refractivity contribution in [1.82, 2.24) is 34.5 Å². The number of benzene rings is 3. The second kappa shape index (κ2) is 14.1. The number of aromatic nitrogens is 6. The zero-order valence-electron chi connectivity index (χ0n) is 29.5. The number of hydrogen-bond acceptors (Lipinski definition) is 9. The monoisotopic (exact) mass is 768 g/mol. The fourth-order valence-corrected chi connectivity index (χ4v) is 6.97. The molecule has 6 rings (SSSR count). The molecule has 278 valence electrons. The van der Waals surface area contributed by atoms with Gasteiger partial charge in [-0.1, -0.05) is 23.7 Å². The van der Waals surface area contributed by atoms with Crippen LogP contribution in [0.25, 0.3) is 22.1 Å². The molecule has 0 aliphatic rings. The molecule has 0 unspecified atom stereocenters. The summed E-state index contributed by atoms with van der Waals surface area (Å²) < 4.78 is 71.0. The number of nitrogens with one attached hydrogen (secondary N) is 1. The fourth-order valence-electron chi connectivity index (χ4n) is 5.91. The molecule has 18 heteroatoms. The molecule has 53 heavy (non-hydrogen) atoms. The molecule has 1 amide bonds. The molecule has 0 radical (unpaired) electrons. The minimum Gasteiger partial charge on any atom is -0.497 e. The van der Waals surface area contributed by atoms with E-state index in [-0.39, 0.29) is 57.3 Å². The first-order valence-corrected chi connectivity index (χ1v) is 18.3. The number of ether oxygens (including phenoxy) is 2. The minimum absolute atomic E-state index is 0.0145. The number of carbonyl (C=O) groups is 1. The third-order valence-corrected chi connectivity index (χ3v) is 9.52. The van der Waals surface area contributed by atoms with Crippen molar-refractivity contribution in [3.8, 4) is 11.4 Å². The average molecular weight is 769 g/mol. The number of anilines is 1. The predicted molar refractivity (Wildman–Crippen MR) is 194 cm³/mol. The van der Waals surface area contributed by atoms with Gasteiger partial charge in [-0.2, -0.15) is 10.2 Å². The smallest absolute Gasteiger partial charge is 0.408 e. The third kappa shape index (κ3) is 7.80. The lowest BCUT2D eigenvalue weighted by molar-refractivity contribution is 0.0500. The Bertz CT molecular complexity index is 2510. The molecule has 1 N–H and O–H groups in total. The van der Waals surface area contributed by atoms with E-state index in [9.17, 15) is 26.8 Å². The van der Waals surface area contributed by atoms with Crippen LogP contribution in [0, 0.1) is 11.6 Å². The van der Waals surface area contributed by atoms with E-state index in [4.69, 9.17) is 21.1 Å². The number of hydrogen-bond donors (Lipinski definition) is 1. The quantitative estimate of drug-likeness (QED) is 0.191. The fraction of sp³-hybridized carbons (Fsp3) is 0.286. The van der Waals surface area contributed by atoms with Gasteiger partial charge in [0.25, 0.3) is 5.56 Å². The predicted octanol–water partition coefficient (Wildman–Crippen LogP) is 5.48. The topological polar surface area (TPSA) is 155 Å². The SMILES string of the molecule is COc1ccc(CN(c2nn(C)c3c(-n4c([C@H](Cc5cc(F)cc(F)c5)NC(=O)OC(C)(C)C)nn5nccc5c4=O)ccc(Cl)c23)S(C)(=O)=O)cc1. The molecular formula is C35H35ClF2N8O6S. The van der Waals surface area contributed by atoms with Gasteiger partial charge in [0.15, 0.2) is 17.2 Å². The first kappa shape index (κ1) is 37.2. The Hall–Kier alpha value is -5.55. The zero-order chi connectivity index (χ0) is 38.4. The van der Waals surface area contributed by atoms with Crippen molar-refractivity contribution in [2.24, 2.45) is 7.05 Å². The van der Waals surface area contributed by atoms with Crippen LogP contribution in [0.4, 0.5) is 19.4 Å². The zero-order valence-corrected chi connectivity index (χ0v) is 31.0. The van der Waals surface area contributed by atoms with Crippen molar-refractivity contribution in [3.05, 3.63) is 111 Å². The summed E-state index contributed by atoms with van der Waals surface area (Å²) in [6.07, 6.45) is 1.26. The van der Waals surface area contributed by atoms with Crippen LogP contribution in [0.3, 0.4) is 0 Å². The Morgan fingerprint density at radius 1 is 1.02 bits per heavy atom. The molecule has 0 saturated carbocycles. The van der Waals surface area contributed by atoms with E-state index in [0.29, 0.717) is 17.4 Å². The molecule has 0 saturated heterocycles. The lowest BCUT2D eigenvalue weighted by Crippen LogP contribution is -2.39. The highest BCUT2D eigenvalue weighted by Gasteiger charge is 2.31. The maximum atomic E-state index is 14.4. The standard InChI is InChI=1S/C35H35ClF2N8O6S/c1-35(2,3)52-34(48)40-26(17-21-15-22(37)18-23(38)16-21)31-42-46-28(13-14-39-46)33(47)45(31)27-12-11-25(36)29-30(27)43(4)41-32(29)44(53(6,49)50)19-20-7-9-24(51-5)10-8-20/h7-16,18,26H,17,19H2,1-6H3,(H,40,48)/t26-/m0/s1. The maximum Gasteiger partial charge on any atom is 0.408 e. The van der Waals surface area contributed by atoms with Crippen LogP contribution in [-0.2, 0) is 34.8 Å². The highest BCUT2D eigenvalue weighted by atomic mass is 35.5. The molecule has 0 spiro atoms. The molecule has 0 bridgehead atoms. The summed E-state index contributed by atoms with van der Waals surface area (Å²) in [5.74, 6) is -1.24. The Kier molecular flexibility index (Phi) is 9.91. The Morgan fingerprint density at radius 2 is 1.70 bits per heavy atom. The molecule has 3 heterocycles. The number of aryl methyl sites for hydroxylation is 1. The third-order valence-electron chi connectivity index (χ3n) is 8.10. The normalized spacial score (nSPS) is 12.6. The first-order chi connectivity index (χ1) is 24.9. The molecule has 3 aromatic heterocycles. The Labute approximate surface area is 307 Å². The van der Waals surface area contributed by atoms with Crippen molar-refractivity contribution < 1.29 is 31.5 Å². The van der Waals surface area contributed by atoms with Crippen LogP contribution < -0.4 is 19.9 Å². The Balaban J connectivity index is 1.59. The summed E-state index contributed by atoms with van der Waals surface area (Å²) in [5, 5.41) is 16.4. The van der Waals surface area contributed by atoms with E-state index in [1.54, 1.807) is 52.1 Å². The number of nitrogens with zero attached hydrogens (tertiary/aromatic N) is 7.